The minimum Gasteiger partial charge on any atom is -0.496 e. The van der Waals surface area contributed by atoms with Gasteiger partial charge in [0.15, 0.2) is 5.82 Å². The van der Waals surface area contributed by atoms with Gasteiger partial charge in [-0.1, -0.05) is 48.5 Å². The zero-order valence-electron chi connectivity index (χ0n) is 17.5. The summed E-state index contributed by atoms with van der Waals surface area (Å²) in [6.07, 6.45) is 1.97. The summed E-state index contributed by atoms with van der Waals surface area (Å²) in [6.45, 7) is 0. The molecule has 2 aromatic heterocycles. The Hall–Kier alpha value is -4.26. The van der Waals surface area contributed by atoms with Gasteiger partial charge in [-0.2, -0.15) is 0 Å². The molecular weight excluding hydrogens is 404 g/mol. The molecule has 2 N–H and O–H groups in total. The van der Waals surface area contributed by atoms with Crippen molar-refractivity contribution in [3.8, 4) is 17.3 Å². The molecule has 0 fully saturated rings. The third-order valence-corrected chi connectivity index (χ3v) is 4.97. The van der Waals surface area contributed by atoms with E-state index in [1.165, 1.54) is 13.2 Å². The molecule has 0 unspecified atom stereocenters. The lowest BCUT2D eigenvalue weighted by Gasteiger charge is -2.20. The van der Waals surface area contributed by atoms with Crippen LogP contribution in [0.1, 0.15) is 27.7 Å². The molecule has 0 radical (unpaired) electrons. The normalized spacial score (nSPS) is 11.5. The van der Waals surface area contributed by atoms with Crippen LogP contribution in [0.2, 0.25) is 0 Å². The highest BCUT2D eigenvalue weighted by molar-refractivity contribution is 5.97. The largest absolute Gasteiger partial charge is 0.496 e. The first kappa shape index (κ1) is 21.0. The second kappa shape index (κ2) is 9.70. The number of carbonyl (C=O) groups excluding carboxylic acids is 1. The zero-order valence-corrected chi connectivity index (χ0v) is 17.5. The van der Waals surface area contributed by atoms with Gasteiger partial charge in [0.05, 0.1) is 24.4 Å². The number of aromatic nitrogens is 3. The van der Waals surface area contributed by atoms with Crippen molar-refractivity contribution in [1.29, 1.82) is 0 Å². The molecule has 0 aliphatic heterocycles. The summed E-state index contributed by atoms with van der Waals surface area (Å²) in [5, 5.41) is 3.06. The number of benzene rings is 2. The van der Waals surface area contributed by atoms with Crippen molar-refractivity contribution < 1.29 is 9.53 Å². The SMILES string of the molecule is COc1ccccc1C(=O)N[C@H](Cc1cc(=O)[nH]c(-c2ccccn2)n1)c1ccccc1. The summed E-state index contributed by atoms with van der Waals surface area (Å²) < 4.78 is 5.33. The van der Waals surface area contributed by atoms with Gasteiger partial charge >= 0.3 is 0 Å². The Labute approximate surface area is 185 Å². The molecule has 0 bridgehead atoms. The Balaban J connectivity index is 1.66. The molecule has 7 nitrogen and oxygen atoms in total. The quantitative estimate of drug-likeness (QED) is 0.471. The number of H-pyrrole nitrogens is 1. The summed E-state index contributed by atoms with van der Waals surface area (Å²) in [7, 11) is 1.53. The smallest absolute Gasteiger partial charge is 0.255 e. The minimum atomic E-state index is -0.403. The molecular formula is C25H22N4O3. The van der Waals surface area contributed by atoms with Crippen LogP contribution >= 0.6 is 0 Å². The first-order chi connectivity index (χ1) is 15.6. The molecule has 7 heteroatoms. The molecule has 2 aromatic carbocycles. The fourth-order valence-electron chi connectivity index (χ4n) is 3.45. The molecule has 0 saturated heterocycles. The Bertz CT molecular complexity index is 1260. The maximum atomic E-state index is 13.1. The molecule has 4 rings (SSSR count). The van der Waals surface area contributed by atoms with Crippen LogP contribution in [0.5, 0.6) is 5.75 Å². The van der Waals surface area contributed by atoms with E-state index in [2.05, 4.69) is 20.3 Å². The van der Waals surface area contributed by atoms with E-state index in [-0.39, 0.29) is 11.5 Å². The fourth-order valence-corrected chi connectivity index (χ4v) is 3.45. The summed E-state index contributed by atoms with van der Waals surface area (Å²) in [5.41, 5.74) is 2.17. The lowest BCUT2D eigenvalue weighted by molar-refractivity contribution is 0.0933. The van der Waals surface area contributed by atoms with Gasteiger partial charge in [0, 0.05) is 18.7 Å². The van der Waals surface area contributed by atoms with E-state index in [0.29, 0.717) is 34.9 Å². The highest BCUT2D eigenvalue weighted by atomic mass is 16.5. The van der Waals surface area contributed by atoms with Crippen LogP contribution < -0.4 is 15.6 Å². The van der Waals surface area contributed by atoms with Crippen LogP contribution in [0.15, 0.2) is 89.9 Å². The third kappa shape index (κ3) is 4.89. The standard InChI is InChI=1S/C25H22N4O3/c1-32-22-13-6-5-11-19(22)25(31)28-21(17-9-3-2-4-10-17)15-18-16-23(30)29-24(27-18)20-12-7-8-14-26-20/h2-14,16,21H,15H2,1H3,(H,28,31)(H,27,29,30)/t21-/m1/s1. The van der Waals surface area contributed by atoms with Crippen molar-refractivity contribution in [2.45, 2.75) is 12.5 Å². The van der Waals surface area contributed by atoms with E-state index in [9.17, 15) is 9.59 Å². The third-order valence-electron chi connectivity index (χ3n) is 4.97. The highest BCUT2D eigenvalue weighted by Crippen LogP contribution is 2.22. The van der Waals surface area contributed by atoms with Gasteiger partial charge in [0.25, 0.3) is 11.5 Å². The first-order valence-electron chi connectivity index (χ1n) is 10.1. The number of pyridine rings is 1. The Morgan fingerprint density at radius 3 is 2.53 bits per heavy atom. The van der Waals surface area contributed by atoms with Crippen LogP contribution in [-0.2, 0) is 6.42 Å². The van der Waals surface area contributed by atoms with Crippen LogP contribution in [0.25, 0.3) is 11.5 Å². The lowest BCUT2D eigenvalue weighted by Crippen LogP contribution is -2.31. The molecule has 0 aliphatic rings. The molecule has 0 saturated carbocycles. The molecule has 1 amide bonds. The van der Waals surface area contributed by atoms with E-state index >= 15 is 0 Å². The van der Waals surface area contributed by atoms with Crippen molar-refractivity contribution in [3.05, 3.63) is 112 Å². The zero-order chi connectivity index (χ0) is 22.3. The molecule has 32 heavy (non-hydrogen) atoms. The number of ether oxygens (including phenoxy) is 1. The number of para-hydroxylation sites is 1. The number of hydrogen-bond acceptors (Lipinski definition) is 5. The number of hydrogen-bond donors (Lipinski definition) is 2. The van der Waals surface area contributed by atoms with Crippen LogP contribution in [0, 0.1) is 0 Å². The molecule has 0 aliphatic carbocycles. The second-order valence-corrected chi connectivity index (χ2v) is 7.14. The van der Waals surface area contributed by atoms with E-state index in [0.717, 1.165) is 5.56 Å². The van der Waals surface area contributed by atoms with E-state index in [4.69, 9.17) is 4.74 Å². The van der Waals surface area contributed by atoms with E-state index in [1.54, 1.807) is 36.5 Å². The summed E-state index contributed by atoms with van der Waals surface area (Å²) in [6, 6.07) is 23.1. The van der Waals surface area contributed by atoms with Gasteiger partial charge in [-0.05, 0) is 29.8 Å². The molecule has 1 atom stereocenters. The molecule has 4 aromatic rings. The summed E-state index contributed by atoms with van der Waals surface area (Å²) in [5.74, 6) is 0.602. The lowest BCUT2D eigenvalue weighted by atomic mass is 10.0. The van der Waals surface area contributed by atoms with Gasteiger partial charge in [-0.15, -0.1) is 0 Å². The van der Waals surface area contributed by atoms with E-state index in [1.807, 2.05) is 42.5 Å². The van der Waals surface area contributed by atoms with Crippen LogP contribution in [-0.4, -0.2) is 28.0 Å². The van der Waals surface area contributed by atoms with Gasteiger partial charge in [0.2, 0.25) is 0 Å². The number of nitrogens with zero attached hydrogens (tertiary/aromatic N) is 2. The number of nitrogens with one attached hydrogen (secondary N) is 2. The summed E-state index contributed by atoms with van der Waals surface area (Å²) in [4.78, 5) is 36.9. The number of rotatable bonds is 7. The van der Waals surface area contributed by atoms with Crippen molar-refractivity contribution >= 4 is 5.91 Å². The Morgan fingerprint density at radius 1 is 1.03 bits per heavy atom. The van der Waals surface area contributed by atoms with Gasteiger partial charge in [-0.3, -0.25) is 14.6 Å². The van der Waals surface area contributed by atoms with Gasteiger partial charge < -0.3 is 15.0 Å². The summed E-state index contributed by atoms with van der Waals surface area (Å²) >= 11 is 0. The average Bonchev–Trinajstić information content (AvgIpc) is 2.84. The maximum Gasteiger partial charge on any atom is 0.255 e. The Kier molecular flexibility index (Phi) is 6.36. The molecule has 0 spiro atoms. The predicted molar refractivity (Wildman–Crippen MR) is 121 cm³/mol. The van der Waals surface area contributed by atoms with Gasteiger partial charge in [-0.25, -0.2) is 4.98 Å². The first-order valence-corrected chi connectivity index (χ1v) is 10.1. The predicted octanol–water partition coefficient (Wildman–Crippen LogP) is 3.55. The number of carbonyl (C=O) groups is 1. The second-order valence-electron chi connectivity index (χ2n) is 7.14. The van der Waals surface area contributed by atoms with Gasteiger partial charge in [0.1, 0.15) is 11.4 Å². The van der Waals surface area contributed by atoms with Crippen LogP contribution in [0.3, 0.4) is 0 Å². The fraction of sp³-hybridized carbons (Fsp3) is 0.120. The van der Waals surface area contributed by atoms with Crippen molar-refractivity contribution in [1.82, 2.24) is 20.3 Å². The number of methoxy groups -OCH3 is 1. The topological polar surface area (TPSA) is 97.0 Å². The van der Waals surface area contributed by atoms with Crippen molar-refractivity contribution in [2.24, 2.45) is 0 Å². The molecule has 160 valence electrons. The van der Waals surface area contributed by atoms with Crippen LogP contribution in [0.4, 0.5) is 0 Å². The monoisotopic (exact) mass is 426 g/mol. The van der Waals surface area contributed by atoms with Crippen molar-refractivity contribution in [2.75, 3.05) is 7.11 Å². The maximum absolute atomic E-state index is 13.1. The minimum absolute atomic E-state index is 0.272. The highest BCUT2D eigenvalue weighted by Gasteiger charge is 2.20. The molecule has 2 heterocycles. The number of aromatic amines is 1. The van der Waals surface area contributed by atoms with Crippen molar-refractivity contribution in [3.63, 3.8) is 0 Å². The van der Waals surface area contributed by atoms with E-state index < -0.39 is 6.04 Å². The average molecular weight is 426 g/mol. The number of amides is 1. The Morgan fingerprint density at radius 2 is 1.78 bits per heavy atom.